The first kappa shape index (κ1) is 25.2. The molecule has 3 N–H and O–H groups in total. The monoisotopic (exact) mass is 466 g/mol. The quantitative estimate of drug-likeness (QED) is 0.631. The lowest BCUT2D eigenvalue weighted by molar-refractivity contribution is -0.133. The fourth-order valence-corrected chi connectivity index (χ4v) is 3.79. The number of amides is 4. The number of nitrogens with one attached hydrogen (secondary N) is 3. The van der Waals surface area contributed by atoms with E-state index >= 15 is 0 Å². The van der Waals surface area contributed by atoms with E-state index in [2.05, 4.69) is 16.0 Å². The highest BCUT2D eigenvalue weighted by molar-refractivity contribution is 5.94. The Morgan fingerprint density at radius 2 is 1.85 bits per heavy atom. The summed E-state index contributed by atoms with van der Waals surface area (Å²) in [6, 6.07) is 14.0. The molecule has 34 heavy (non-hydrogen) atoms. The minimum atomic E-state index is -0.775. The van der Waals surface area contributed by atoms with Gasteiger partial charge in [-0.05, 0) is 49.1 Å². The molecule has 1 heterocycles. The molecule has 0 aromatic heterocycles. The lowest BCUT2D eigenvalue weighted by Crippen LogP contribution is -2.51. The zero-order valence-electron chi connectivity index (χ0n) is 19.9. The van der Waals surface area contributed by atoms with Crippen LogP contribution in [0, 0.1) is 13.8 Å². The zero-order chi connectivity index (χ0) is 24.3. The van der Waals surface area contributed by atoms with Gasteiger partial charge in [-0.1, -0.05) is 36.4 Å². The second-order valence-corrected chi connectivity index (χ2v) is 8.53. The molecule has 8 heteroatoms. The van der Waals surface area contributed by atoms with E-state index in [0.29, 0.717) is 44.8 Å². The normalized spacial score (nSPS) is 16.1. The molecule has 0 radical (unpaired) electrons. The topological polar surface area (TPSA) is 99.8 Å². The van der Waals surface area contributed by atoms with Crippen molar-refractivity contribution in [2.75, 3.05) is 38.2 Å². The molecule has 3 rings (SSSR count). The van der Waals surface area contributed by atoms with Gasteiger partial charge < -0.3 is 25.6 Å². The Bertz CT molecular complexity index is 980. The Balaban J connectivity index is 1.74. The van der Waals surface area contributed by atoms with Gasteiger partial charge in [0.05, 0.1) is 6.61 Å². The number of ether oxygens (including phenoxy) is 1. The van der Waals surface area contributed by atoms with Gasteiger partial charge in [0.25, 0.3) is 0 Å². The summed E-state index contributed by atoms with van der Waals surface area (Å²) in [5.74, 6) is -0.338. The third kappa shape index (κ3) is 7.88. The van der Waals surface area contributed by atoms with Crippen LogP contribution in [0.2, 0.25) is 0 Å². The summed E-state index contributed by atoms with van der Waals surface area (Å²) in [6.45, 7) is 6.15. The number of anilines is 1. The molecular weight excluding hydrogens is 432 g/mol. The van der Waals surface area contributed by atoms with E-state index in [0.717, 1.165) is 16.7 Å². The van der Waals surface area contributed by atoms with E-state index in [1.54, 1.807) is 4.90 Å². The fraction of sp³-hybridized carbons (Fsp3) is 0.423. The average molecular weight is 467 g/mol. The van der Waals surface area contributed by atoms with E-state index in [1.807, 2.05) is 62.4 Å². The van der Waals surface area contributed by atoms with Crippen LogP contribution < -0.4 is 16.0 Å². The maximum atomic E-state index is 13.6. The van der Waals surface area contributed by atoms with Crippen LogP contribution in [0.4, 0.5) is 10.5 Å². The second-order valence-electron chi connectivity index (χ2n) is 8.53. The number of carbonyl (C=O) groups is 3. The smallest absolute Gasteiger partial charge is 0.319 e. The van der Waals surface area contributed by atoms with Gasteiger partial charge in [-0.3, -0.25) is 9.59 Å². The summed E-state index contributed by atoms with van der Waals surface area (Å²) < 4.78 is 5.51. The van der Waals surface area contributed by atoms with E-state index in [1.165, 1.54) is 0 Å². The number of benzene rings is 2. The number of carbonyl (C=O) groups excluding carboxylic acids is 3. The number of nitrogens with zero attached hydrogens (tertiary/aromatic N) is 1. The highest BCUT2D eigenvalue weighted by Gasteiger charge is 2.27. The van der Waals surface area contributed by atoms with Crippen LogP contribution in [0.15, 0.2) is 48.5 Å². The maximum absolute atomic E-state index is 13.6. The molecule has 0 saturated carbocycles. The van der Waals surface area contributed by atoms with Gasteiger partial charge in [-0.25, -0.2) is 4.79 Å². The lowest BCUT2D eigenvalue weighted by Gasteiger charge is -2.28. The van der Waals surface area contributed by atoms with Crippen LogP contribution in [0.1, 0.15) is 29.5 Å². The fourth-order valence-electron chi connectivity index (χ4n) is 3.79. The molecule has 1 aliphatic rings. The average Bonchev–Trinajstić information content (AvgIpc) is 2.87. The van der Waals surface area contributed by atoms with Crippen molar-refractivity contribution < 1.29 is 19.1 Å². The van der Waals surface area contributed by atoms with E-state index < -0.39 is 12.1 Å². The van der Waals surface area contributed by atoms with Crippen LogP contribution >= 0.6 is 0 Å². The molecule has 1 fully saturated rings. The Labute approximate surface area is 201 Å². The molecule has 2 aromatic rings. The molecule has 0 bridgehead atoms. The Morgan fingerprint density at radius 3 is 2.62 bits per heavy atom. The van der Waals surface area contributed by atoms with Crippen molar-refractivity contribution in [3.8, 4) is 0 Å². The van der Waals surface area contributed by atoms with Gasteiger partial charge >= 0.3 is 6.03 Å². The van der Waals surface area contributed by atoms with Crippen molar-refractivity contribution >= 4 is 23.5 Å². The van der Waals surface area contributed by atoms with Gasteiger partial charge in [-0.15, -0.1) is 0 Å². The van der Waals surface area contributed by atoms with Gasteiger partial charge in [0, 0.05) is 44.8 Å². The Hall–Kier alpha value is -3.39. The van der Waals surface area contributed by atoms with Crippen LogP contribution in [-0.2, 0) is 20.7 Å². The van der Waals surface area contributed by atoms with E-state index in [9.17, 15) is 14.4 Å². The first-order chi connectivity index (χ1) is 16.4. The van der Waals surface area contributed by atoms with Crippen molar-refractivity contribution in [2.45, 2.75) is 39.2 Å². The van der Waals surface area contributed by atoms with Crippen LogP contribution in [0.25, 0.3) is 0 Å². The summed E-state index contributed by atoms with van der Waals surface area (Å²) >= 11 is 0. The number of rotatable bonds is 5. The molecule has 4 amide bonds. The van der Waals surface area contributed by atoms with E-state index in [-0.39, 0.29) is 24.8 Å². The summed E-state index contributed by atoms with van der Waals surface area (Å²) in [6.07, 6.45) is 1.21. The first-order valence-electron chi connectivity index (χ1n) is 11.7. The molecule has 1 unspecified atom stereocenters. The SMILES string of the molecule is Cc1ccc(NC(=O)NC(Cc2ccccc2)C(=O)N2CCCOCCNC(=O)CC2)cc1C. The highest BCUT2D eigenvalue weighted by atomic mass is 16.5. The number of aryl methyl sites for hydroxylation is 2. The summed E-state index contributed by atoms with van der Waals surface area (Å²) in [7, 11) is 0. The second kappa shape index (κ2) is 12.7. The number of hydrogen-bond donors (Lipinski definition) is 3. The van der Waals surface area contributed by atoms with Gasteiger partial charge in [0.1, 0.15) is 6.04 Å². The summed E-state index contributed by atoms with van der Waals surface area (Å²) in [4.78, 5) is 40.1. The van der Waals surface area contributed by atoms with E-state index in [4.69, 9.17) is 4.74 Å². The molecule has 1 aliphatic heterocycles. The maximum Gasteiger partial charge on any atom is 0.319 e. The molecular formula is C26H34N4O4. The predicted octanol–water partition coefficient (Wildman–Crippen LogP) is 2.79. The van der Waals surface area contributed by atoms with Crippen LogP contribution in [0.5, 0.6) is 0 Å². The molecule has 1 atom stereocenters. The minimum Gasteiger partial charge on any atom is -0.380 e. The molecule has 1 saturated heterocycles. The standard InChI is InChI=1S/C26H34N4O4/c1-19-9-10-22(17-20(19)2)28-26(33)29-23(18-21-7-4-3-5-8-21)25(32)30-13-6-15-34-16-12-27-24(31)11-14-30/h3-5,7-10,17,23H,6,11-16,18H2,1-2H3,(H,27,31)(H2,28,29,33). The Kier molecular flexibility index (Phi) is 9.46. The lowest BCUT2D eigenvalue weighted by atomic mass is 10.0. The Morgan fingerprint density at radius 1 is 1.06 bits per heavy atom. The van der Waals surface area contributed by atoms with Crippen molar-refractivity contribution in [3.63, 3.8) is 0 Å². The van der Waals surface area contributed by atoms with Crippen molar-refractivity contribution in [2.24, 2.45) is 0 Å². The number of hydrogen-bond acceptors (Lipinski definition) is 4. The highest BCUT2D eigenvalue weighted by Crippen LogP contribution is 2.14. The first-order valence-corrected chi connectivity index (χ1v) is 11.7. The van der Waals surface area contributed by atoms with Gasteiger partial charge in [0.15, 0.2) is 0 Å². The third-order valence-corrected chi connectivity index (χ3v) is 5.86. The predicted molar refractivity (Wildman–Crippen MR) is 132 cm³/mol. The summed E-state index contributed by atoms with van der Waals surface area (Å²) in [5, 5.41) is 8.49. The molecule has 182 valence electrons. The van der Waals surface area contributed by atoms with Crippen LogP contribution in [0.3, 0.4) is 0 Å². The van der Waals surface area contributed by atoms with Gasteiger partial charge in [0.2, 0.25) is 11.8 Å². The van der Waals surface area contributed by atoms with Crippen molar-refractivity contribution in [1.82, 2.24) is 15.5 Å². The van der Waals surface area contributed by atoms with Crippen molar-refractivity contribution in [1.29, 1.82) is 0 Å². The third-order valence-electron chi connectivity index (χ3n) is 5.86. The molecule has 0 spiro atoms. The minimum absolute atomic E-state index is 0.122. The van der Waals surface area contributed by atoms with Crippen LogP contribution in [-0.4, -0.2) is 61.6 Å². The van der Waals surface area contributed by atoms with Gasteiger partial charge in [-0.2, -0.15) is 0 Å². The molecule has 0 aliphatic carbocycles. The zero-order valence-corrected chi connectivity index (χ0v) is 19.9. The largest absolute Gasteiger partial charge is 0.380 e. The molecule has 8 nitrogen and oxygen atoms in total. The van der Waals surface area contributed by atoms with Crippen molar-refractivity contribution in [3.05, 3.63) is 65.2 Å². The molecule has 2 aromatic carbocycles. The summed E-state index contributed by atoms with van der Waals surface area (Å²) in [5.41, 5.74) is 3.80. The number of urea groups is 1.